The molecular formula is C18H17N5O3. The third kappa shape index (κ3) is 3.27. The lowest BCUT2D eigenvalue weighted by Gasteiger charge is -2.27. The van der Waals surface area contributed by atoms with Crippen LogP contribution in [0.3, 0.4) is 0 Å². The van der Waals surface area contributed by atoms with Gasteiger partial charge in [-0.15, -0.1) is 0 Å². The molecule has 0 radical (unpaired) electrons. The van der Waals surface area contributed by atoms with Crippen LogP contribution in [0.2, 0.25) is 0 Å². The first-order valence-electron chi connectivity index (χ1n) is 8.24. The largest absolute Gasteiger partial charge is 0.433 e. The van der Waals surface area contributed by atoms with Crippen molar-refractivity contribution in [2.45, 2.75) is 19.5 Å². The highest BCUT2D eigenvalue weighted by Gasteiger charge is 2.21. The van der Waals surface area contributed by atoms with E-state index in [1.54, 1.807) is 6.07 Å². The minimum Gasteiger partial charge on any atom is -0.404 e. The summed E-state index contributed by atoms with van der Waals surface area (Å²) in [6.07, 6.45) is 2.65. The molecule has 0 aliphatic carbocycles. The number of fused-ring (bicyclic) bond motifs is 1. The minimum atomic E-state index is -0.526. The van der Waals surface area contributed by atoms with E-state index in [9.17, 15) is 10.1 Å². The fraction of sp³-hybridized carbons (Fsp3) is 0.222. The maximum Gasteiger partial charge on any atom is 0.433 e. The standard InChI is InChI=1S/C18H17N5O3/c19-14-3-1-12(2-4-14)18-20-9-13-10-22(8-7-16(13)21-18)11-15-5-6-17(26-15)23(24)25/h1-6,9H,7-8,10-11,19H2. The van der Waals surface area contributed by atoms with Crippen molar-refractivity contribution < 1.29 is 9.34 Å². The van der Waals surface area contributed by atoms with Crippen LogP contribution in [0, 0.1) is 10.1 Å². The van der Waals surface area contributed by atoms with E-state index in [1.807, 2.05) is 30.5 Å². The molecule has 8 heteroatoms. The maximum absolute atomic E-state index is 10.7. The van der Waals surface area contributed by atoms with Crippen LogP contribution < -0.4 is 5.73 Å². The van der Waals surface area contributed by atoms with Gasteiger partial charge in [0.15, 0.2) is 5.82 Å². The van der Waals surface area contributed by atoms with Crippen LogP contribution in [-0.4, -0.2) is 26.3 Å². The number of nitrogen functional groups attached to an aromatic ring is 1. The van der Waals surface area contributed by atoms with Gasteiger partial charge in [-0.3, -0.25) is 15.0 Å². The van der Waals surface area contributed by atoms with Gasteiger partial charge >= 0.3 is 5.88 Å². The summed E-state index contributed by atoms with van der Waals surface area (Å²) in [5, 5.41) is 10.7. The molecule has 0 saturated carbocycles. The van der Waals surface area contributed by atoms with Crippen LogP contribution >= 0.6 is 0 Å². The zero-order valence-corrected chi connectivity index (χ0v) is 14.0. The lowest BCUT2D eigenvalue weighted by Crippen LogP contribution is -2.30. The van der Waals surface area contributed by atoms with E-state index in [1.165, 1.54) is 6.07 Å². The second-order valence-electron chi connectivity index (χ2n) is 6.25. The van der Waals surface area contributed by atoms with Gasteiger partial charge in [-0.1, -0.05) is 0 Å². The number of benzene rings is 1. The van der Waals surface area contributed by atoms with E-state index in [0.717, 1.165) is 29.8 Å². The van der Waals surface area contributed by atoms with Crippen molar-refractivity contribution in [1.29, 1.82) is 0 Å². The average molecular weight is 351 g/mol. The van der Waals surface area contributed by atoms with E-state index in [2.05, 4.69) is 9.88 Å². The van der Waals surface area contributed by atoms with Crippen molar-refractivity contribution in [1.82, 2.24) is 14.9 Å². The molecule has 0 fully saturated rings. The van der Waals surface area contributed by atoms with Crippen LogP contribution in [0.5, 0.6) is 0 Å². The van der Waals surface area contributed by atoms with E-state index in [4.69, 9.17) is 15.1 Å². The minimum absolute atomic E-state index is 0.228. The van der Waals surface area contributed by atoms with Gasteiger partial charge < -0.3 is 10.2 Å². The quantitative estimate of drug-likeness (QED) is 0.437. The number of anilines is 1. The van der Waals surface area contributed by atoms with Gasteiger partial charge in [0, 0.05) is 42.5 Å². The fourth-order valence-electron chi connectivity index (χ4n) is 3.05. The number of aromatic nitrogens is 2. The first-order chi connectivity index (χ1) is 12.6. The second-order valence-corrected chi connectivity index (χ2v) is 6.25. The normalized spacial score (nSPS) is 14.2. The molecule has 1 aliphatic heterocycles. The van der Waals surface area contributed by atoms with Crippen LogP contribution in [0.25, 0.3) is 11.4 Å². The second kappa shape index (κ2) is 6.57. The summed E-state index contributed by atoms with van der Waals surface area (Å²) in [6.45, 7) is 2.01. The Morgan fingerprint density at radius 3 is 2.77 bits per heavy atom. The highest BCUT2D eigenvalue weighted by Crippen LogP contribution is 2.24. The number of hydrogen-bond acceptors (Lipinski definition) is 7. The smallest absolute Gasteiger partial charge is 0.404 e. The van der Waals surface area contributed by atoms with Crippen molar-refractivity contribution in [3.05, 3.63) is 69.7 Å². The molecule has 0 bridgehead atoms. The highest BCUT2D eigenvalue weighted by atomic mass is 16.6. The number of rotatable bonds is 4. The molecule has 26 heavy (non-hydrogen) atoms. The summed E-state index contributed by atoms with van der Waals surface area (Å²) < 4.78 is 5.24. The summed E-state index contributed by atoms with van der Waals surface area (Å²) in [5.74, 6) is 1.05. The predicted octanol–water partition coefficient (Wildman–Crippen LogP) is 2.79. The molecule has 0 atom stereocenters. The monoisotopic (exact) mass is 351 g/mol. The molecule has 1 aromatic carbocycles. The topological polar surface area (TPSA) is 111 Å². The molecule has 0 saturated heterocycles. The van der Waals surface area contributed by atoms with Crippen LogP contribution in [-0.2, 0) is 19.5 Å². The number of hydrogen-bond donors (Lipinski definition) is 1. The molecule has 3 aromatic rings. The van der Waals surface area contributed by atoms with E-state index >= 15 is 0 Å². The Hall–Kier alpha value is -3.26. The summed E-state index contributed by atoms with van der Waals surface area (Å²) in [4.78, 5) is 21.5. The molecule has 2 N–H and O–H groups in total. The van der Waals surface area contributed by atoms with Crippen molar-refractivity contribution in [2.24, 2.45) is 0 Å². The van der Waals surface area contributed by atoms with Crippen molar-refractivity contribution in [3.8, 4) is 11.4 Å². The van der Waals surface area contributed by atoms with Gasteiger partial charge in [0.05, 0.1) is 18.3 Å². The Morgan fingerprint density at radius 2 is 2.04 bits per heavy atom. The summed E-state index contributed by atoms with van der Waals surface area (Å²) in [7, 11) is 0. The van der Waals surface area contributed by atoms with Crippen LogP contribution in [0.15, 0.2) is 47.0 Å². The van der Waals surface area contributed by atoms with Crippen molar-refractivity contribution in [3.63, 3.8) is 0 Å². The lowest BCUT2D eigenvalue weighted by molar-refractivity contribution is -0.402. The SMILES string of the molecule is Nc1ccc(-c2ncc3c(n2)CCN(Cc2ccc([N+](=O)[O-])o2)C3)cc1. The van der Waals surface area contributed by atoms with E-state index in [-0.39, 0.29) is 5.88 Å². The number of furan rings is 1. The number of nitrogens with zero attached hydrogens (tertiary/aromatic N) is 4. The summed E-state index contributed by atoms with van der Waals surface area (Å²) in [5.41, 5.74) is 9.47. The Labute approximate surface area is 149 Å². The third-order valence-electron chi connectivity index (χ3n) is 4.39. The molecule has 0 spiro atoms. The van der Waals surface area contributed by atoms with Gasteiger partial charge in [0.2, 0.25) is 0 Å². The van der Waals surface area contributed by atoms with E-state index < -0.39 is 4.92 Å². The predicted molar refractivity (Wildman–Crippen MR) is 95.1 cm³/mol. The fourth-order valence-corrected chi connectivity index (χ4v) is 3.05. The third-order valence-corrected chi connectivity index (χ3v) is 4.39. The highest BCUT2D eigenvalue weighted by molar-refractivity contribution is 5.58. The van der Waals surface area contributed by atoms with E-state index in [0.29, 0.717) is 30.4 Å². The average Bonchev–Trinajstić information content (AvgIpc) is 3.11. The van der Waals surface area contributed by atoms with Crippen LogP contribution in [0.4, 0.5) is 11.6 Å². The van der Waals surface area contributed by atoms with Crippen molar-refractivity contribution >= 4 is 11.6 Å². The van der Waals surface area contributed by atoms with Crippen LogP contribution in [0.1, 0.15) is 17.0 Å². The molecule has 4 rings (SSSR count). The zero-order chi connectivity index (χ0) is 18.1. The Morgan fingerprint density at radius 1 is 1.23 bits per heavy atom. The summed E-state index contributed by atoms with van der Waals surface area (Å²) >= 11 is 0. The molecule has 2 aromatic heterocycles. The molecule has 0 unspecified atom stereocenters. The van der Waals surface area contributed by atoms with Gasteiger partial charge in [0.1, 0.15) is 10.7 Å². The Balaban J connectivity index is 1.48. The molecule has 1 aliphatic rings. The molecular weight excluding hydrogens is 334 g/mol. The van der Waals surface area contributed by atoms with Gasteiger partial charge in [-0.05, 0) is 30.3 Å². The van der Waals surface area contributed by atoms with Gasteiger partial charge in [-0.2, -0.15) is 0 Å². The van der Waals surface area contributed by atoms with Gasteiger partial charge in [-0.25, -0.2) is 9.97 Å². The number of nitrogens with two attached hydrogens (primary N) is 1. The Bertz CT molecular complexity index is 952. The molecule has 132 valence electrons. The zero-order valence-electron chi connectivity index (χ0n) is 14.0. The van der Waals surface area contributed by atoms with Gasteiger partial charge in [0.25, 0.3) is 0 Å². The molecule has 3 heterocycles. The lowest BCUT2D eigenvalue weighted by atomic mass is 10.1. The Kier molecular flexibility index (Phi) is 4.10. The van der Waals surface area contributed by atoms with Crippen molar-refractivity contribution in [2.75, 3.05) is 12.3 Å². The first-order valence-corrected chi connectivity index (χ1v) is 8.24. The number of nitro groups is 1. The molecule has 0 amide bonds. The first kappa shape index (κ1) is 16.2. The maximum atomic E-state index is 10.7. The summed E-state index contributed by atoms with van der Waals surface area (Å²) in [6, 6.07) is 10.5. The molecule has 8 nitrogen and oxygen atoms in total.